The first-order valence-electron chi connectivity index (χ1n) is 7.79. The fraction of sp³-hybridized carbons (Fsp3) is 0.389. The highest BCUT2D eigenvalue weighted by atomic mass is 15.1. The third-order valence-electron chi connectivity index (χ3n) is 4.14. The lowest BCUT2D eigenvalue weighted by molar-refractivity contribution is 0.438. The van der Waals surface area contributed by atoms with Gasteiger partial charge in [0, 0.05) is 12.2 Å². The first kappa shape index (κ1) is 14.1. The topological polar surface area (TPSA) is 29.9 Å². The van der Waals surface area contributed by atoms with Crippen molar-refractivity contribution in [1.29, 1.82) is 0 Å². The normalized spacial score (nSPS) is 18.0. The molecule has 0 radical (unpaired) electrons. The van der Waals surface area contributed by atoms with E-state index in [1.54, 1.807) is 0 Å². The number of imidazole rings is 1. The summed E-state index contributed by atoms with van der Waals surface area (Å²) in [6.45, 7) is 4.02. The zero-order valence-electron chi connectivity index (χ0n) is 12.6. The van der Waals surface area contributed by atoms with Crippen LogP contribution in [0.4, 0.5) is 0 Å². The summed E-state index contributed by atoms with van der Waals surface area (Å²) in [7, 11) is 0. The molecule has 1 N–H and O–H groups in total. The van der Waals surface area contributed by atoms with E-state index in [9.17, 15) is 0 Å². The number of hydrogen-bond acceptors (Lipinski definition) is 2. The van der Waals surface area contributed by atoms with Crippen molar-refractivity contribution in [3.05, 3.63) is 60.2 Å². The lowest BCUT2D eigenvalue weighted by Gasteiger charge is -2.18. The number of aromatic nitrogens is 2. The number of hydrogen-bond donors (Lipinski definition) is 1. The number of allylic oxidation sites excluding steroid dienone is 2. The summed E-state index contributed by atoms with van der Waals surface area (Å²) in [5.41, 5.74) is 2.41. The molecule has 1 aromatic carbocycles. The molecular formula is C18H23N3. The van der Waals surface area contributed by atoms with E-state index < -0.39 is 0 Å². The second kappa shape index (κ2) is 6.72. The molecule has 0 bridgehead atoms. The highest BCUT2D eigenvalue weighted by Gasteiger charge is 2.11. The van der Waals surface area contributed by atoms with E-state index in [4.69, 9.17) is 0 Å². The summed E-state index contributed by atoms with van der Waals surface area (Å²) >= 11 is 0. The second-order valence-electron chi connectivity index (χ2n) is 5.75. The first-order valence-corrected chi connectivity index (χ1v) is 7.79. The van der Waals surface area contributed by atoms with E-state index in [1.807, 2.05) is 12.3 Å². The molecule has 21 heavy (non-hydrogen) atoms. The van der Waals surface area contributed by atoms with Gasteiger partial charge in [0.15, 0.2) is 0 Å². The van der Waals surface area contributed by atoms with Crippen LogP contribution < -0.4 is 5.32 Å². The van der Waals surface area contributed by atoms with Crippen LogP contribution in [0.5, 0.6) is 0 Å². The van der Waals surface area contributed by atoms with Crippen molar-refractivity contribution in [3.8, 4) is 5.69 Å². The number of para-hydroxylation sites is 1. The molecule has 2 aromatic rings. The fourth-order valence-corrected chi connectivity index (χ4v) is 2.99. The largest absolute Gasteiger partial charge is 0.311 e. The first-order chi connectivity index (χ1) is 10.3. The molecule has 0 saturated heterocycles. The predicted octanol–water partition coefficient (Wildman–Crippen LogP) is 3.63. The third-order valence-corrected chi connectivity index (χ3v) is 4.14. The molecule has 110 valence electrons. The number of nitrogens with one attached hydrogen (secondary N) is 1. The van der Waals surface area contributed by atoms with Crippen molar-refractivity contribution in [2.75, 3.05) is 6.54 Å². The molecule has 0 fully saturated rings. The van der Waals surface area contributed by atoms with Crippen LogP contribution in [0.2, 0.25) is 0 Å². The average molecular weight is 281 g/mol. The van der Waals surface area contributed by atoms with Crippen molar-refractivity contribution >= 4 is 0 Å². The molecular weight excluding hydrogens is 258 g/mol. The zero-order chi connectivity index (χ0) is 14.5. The minimum Gasteiger partial charge on any atom is -0.311 e. The Balaban J connectivity index is 1.65. The minimum absolute atomic E-state index is 0.782. The van der Waals surface area contributed by atoms with E-state index in [-0.39, 0.29) is 0 Å². The third kappa shape index (κ3) is 3.42. The van der Waals surface area contributed by atoms with Gasteiger partial charge in [-0.3, -0.25) is 4.57 Å². The molecule has 0 aliphatic heterocycles. The highest BCUT2D eigenvalue weighted by molar-refractivity contribution is 5.35. The Labute approximate surface area is 126 Å². The van der Waals surface area contributed by atoms with Gasteiger partial charge in [0.05, 0.1) is 11.9 Å². The second-order valence-corrected chi connectivity index (χ2v) is 5.75. The predicted molar refractivity (Wildman–Crippen MR) is 86.5 cm³/mol. The Kier molecular flexibility index (Phi) is 4.51. The molecule has 3 rings (SSSR count). The van der Waals surface area contributed by atoms with Crippen molar-refractivity contribution in [2.45, 2.75) is 32.7 Å². The van der Waals surface area contributed by atoms with Gasteiger partial charge in [-0.25, -0.2) is 4.98 Å². The van der Waals surface area contributed by atoms with Gasteiger partial charge < -0.3 is 5.32 Å². The molecule has 1 heterocycles. The molecule has 3 heteroatoms. The lowest BCUT2D eigenvalue weighted by atomic mass is 9.94. The SMILES string of the molecule is Cc1ncc(CNCC2CC=CCC2)n1-c1ccccc1. The molecule has 1 unspecified atom stereocenters. The van der Waals surface area contributed by atoms with Crippen LogP contribution in [-0.4, -0.2) is 16.1 Å². The summed E-state index contributed by atoms with van der Waals surface area (Å²) < 4.78 is 2.23. The lowest BCUT2D eigenvalue weighted by Crippen LogP contribution is -2.24. The van der Waals surface area contributed by atoms with Crippen LogP contribution in [0.25, 0.3) is 5.69 Å². The van der Waals surface area contributed by atoms with Crippen LogP contribution in [-0.2, 0) is 6.54 Å². The van der Waals surface area contributed by atoms with Gasteiger partial charge in [0.2, 0.25) is 0 Å². The van der Waals surface area contributed by atoms with Crippen molar-refractivity contribution in [3.63, 3.8) is 0 Å². The summed E-state index contributed by atoms with van der Waals surface area (Å²) in [6.07, 6.45) is 10.3. The molecule has 1 atom stereocenters. The summed E-state index contributed by atoms with van der Waals surface area (Å²) in [5.74, 6) is 1.82. The number of benzene rings is 1. The zero-order valence-corrected chi connectivity index (χ0v) is 12.6. The quantitative estimate of drug-likeness (QED) is 0.848. The van der Waals surface area contributed by atoms with E-state index >= 15 is 0 Å². The Hall–Kier alpha value is -1.87. The summed E-state index contributed by atoms with van der Waals surface area (Å²) in [6, 6.07) is 10.4. The van der Waals surface area contributed by atoms with Gasteiger partial charge in [-0.05, 0) is 50.8 Å². The molecule has 0 spiro atoms. The molecule has 0 saturated carbocycles. The van der Waals surface area contributed by atoms with Crippen molar-refractivity contribution < 1.29 is 0 Å². The van der Waals surface area contributed by atoms with Gasteiger partial charge in [-0.15, -0.1) is 0 Å². The van der Waals surface area contributed by atoms with E-state index in [0.717, 1.165) is 24.8 Å². The van der Waals surface area contributed by atoms with Crippen LogP contribution in [0.1, 0.15) is 30.8 Å². The van der Waals surface area contributed by atoms with Crippen LogP contribution in [0.15, 0.2) is 48.7 Å². The van der Waals surface area contributed by atoms with E-state index in [1.165, 1.54) is 30.6 Å². The Morgan fingerprint density at radius 3 is 2.86 bits per heavy atom. The maximum atomic E-state index is 4.47. The number of aryl methyl sites for hydroxylation is 1. The fourth-order valence-electron chi connectivity index (χ4n) is 2.99. The van der Waals surface area contributed by atoms with Crippen molar-refractivity contribution in [1.82, 2.24) is 14.9 Å². The number of nitrogens with zero attached hydrogens (tertiary/aromatic N) is 2. The minimum atomic E-state index is 0.782. The van der Waals surface area contributed by atoms with Crippen LogP contribution >= 0.6 is 0 Å². The van der Waals surface area contributed by atoms with E-state index in [2.05, 4.69) is 58.2 Å². The highest BCUT2D eigenvalue weighted by Crippen LogP contribution is 2.18. The summed E-state index contributed by atoms with van der Waals surface area (Å²) in [5, 5.41) is 3.60. The molecule has 1 aliphatic rings. The van der Waals surface area contributed by atoms with Crippen LogP contribution in [0, 0.1) is 12.8 Å². The molecule has 1 aliphatic carbocycles. The molecule has 1 aromatic heterocycles. The monoisotopic (exact) mass is 281 g/mol. The van der Waals surface area contributed by atoms with Gasteiger partial charge in [-0.2, -0.15) is 0 Å². The van der Waals surface area contributed by atoms with Crippen LogP contribution in [0.3, 0.4) is 0 Å². The molecule has 3 nitrogen and oxygen atoms in total. The molecule has 0 amide bonds. The average Bonchev–Trinajstić information content (AvgIpc) is 2.90. The van der Waals surface area contributed by atoms with E-state index in [0.29, 0.717) is 0 Å². The Morgan fingerprint density at radius 2 is 2.10 bits per heavy atom. The Morgan fingerprint density at radius 1 is 1.24 bits per heavy atom. The smallest absolute Gasteiger partial charge is 0.110 e. The maximum absolute atomic E-state index is 4.47. The summed E-state index contributed by atoms with van der Waals surface area (Å²) in [4.78, 5) is 4.47. The van der Waals surface area contributed by atoms with Crippen molar-refractivity contribution in [2.24, 2.45) is 5.92 Å². The maximum Gasteiger partial charge on any atom is 0.110 e. The van der Waals surface area contributed by atoms with Gasteiger partial charge in [-0.1, -0.05) is 30.4 Å². The van der Waals surface area contributed by atoms with Gasteiger partial charge in [0.1, 0.15) is 5.82 Å². The Bertz CT molecular complexity index is 598. The number of rotatable bonds is 5. The van der Waals surface area contributed by atoms with Gasteiger partial charge in [0.25, 0.3) is 0 Å². The van der Waals surface area contributed by atoms with Gasteiger partial charge >= 0.3 is 0 Å². The standard InChI is InChI=1S/C18H23N3/c1-15-20-14-18(21(15)17-10-6-3-7-11-17)13-19-12-16-8-4-2-5-9-16/h2-4,6-7,10-11,14,16,19H,5,8-9,12-13H2,1H3.